The molecule has 1 rings (SSSR count). The first-order chi connectivity index (χ1) is 6.67. The van der Waals surface area contributed by atoms with Gasteiger partial charge in [0.25, 0.3) is 0 Å². The second-order valence-electron chi connectivity index (χ2n) is 2.33. The summed E-state index contributed by atoms with van der Waals surface area (Å²) in [6.45, 7) is 0. The summed E-state index contributed by atoms with van der Waals surface area (Å²) in [5.41, 5.74) is 0.125. The van der Waals surface area contributed by atoms with Crippen LogP contribution in [0.15, 0.2) is 12.1 Å². The average Bonchev–Trinajstić information content (AvgIpc) is 2.17. The number of carboxylic acid groups (broad SMARTS) is 1. The monoisotopic (exact) mass is 196 g/mol. The second kappa shape index (κ2) is 4.22. The Labute approximate surface area is 79.5 Å². The molecule has 0 saturated carbocycles. The number of hydrogen-bond donors (Lipinski definition) is 2. The van der Waals surface area contributed by atoms with Crippen LogP contribution in [0.25, 0.3) is 0 Å². The topological polar surface area (TPSA) is 88.5 Å². The van der Waals surface area contributed by atoms with Crippen LogP contribution in [0.5, 0.6) is 5.88 Å². The van der Waals surface area contributed by atoms with Crippen LogP contribution in [-0.2, 0) is 0 Å². The van der Waals surface area contributed by atoms with Crippen LogP contribution in [0, 0.1) is 0 Å². The summed E-state index contributed by atoms with van der Waals surface area (Å²) in [5.74, 6) is 0.253. The van der Waals surface area contributed by atoms with Gasteiger partial charge in [-0.3, -0.25) is 10.1 Å². The van der Waals surface area contributed by atoms with Gasteiger partial charge in [0.05, 0.1) is 12.8 Å². The van der Waals surface area contributed by atoms with E-state index in [0.29, 0.717) is 6.29 Å². The summed E-state index contributed by atoms with van der Waals surface area (Å²) in [6, 6.07) is 2.86. The van der Waals surface area contributed by atoms with Gasteiger partial charge in [-0.15, -0.1) is 0 Å². The number of hydrogen-bond acceptors (Lipinski definition) is 4. The number of carbonyl (C=O) groups excluding carboxylic acids is 1. The zero-order valence-electron chi connectivity index (χ0n) is 7.35. The molecule has 6 heteroatoms. The van der Waals surface area contributed by atoms with Gasteiger partial charge in [-0.05, 0) is 6.07 Å². The molecule has 14 heavy (non-hydrogen) atoms. The molecule has 1 aromatic rings. The second-order valence-corrected chi connectivity index (χ2v) is 2.33. The highest BCUT2D eigenvalue weighted by molar-refractivity contribution is 5.90. The highest BCUT2D eigenvalue weighted by Crippen LogP contribution is 2.15. The fourth-order valence-electron chi connectivity index (χ4n) is 0.881. The van der Waals surface area contributed by atoms with Gasteiger partial charge in [-0.1, -0.05) is 0 Å². The molecule has 6 nitrogen and oxygen atoms in total. The Kier molecular flexibility index (Phi) is 3.01. The van der Waals surface area contributed by atoms with Gasteiger partial charge >= 0.3 is 6.09 Å². The molecule has 0 atom stereocenters. The zero-order chi connectivity index (χ0) is 10.6. The predicted molar refractivity (Wildman–Crippen MR) is 47.8 cm³/mol. The van der Waals surface area contributed by atoms with Gasteiger partial charge in [0.1, 0.15) is 5.69 Å². The molecule has 0 aliphatic carbocycles. The van der Waals surface area contributed by atoms with Crippen molar-refractivity contribution in [3.63, 3.8) is 0 Å². The molecule has 1 amide bonds. The number of aromatic nitrogens is 1. The molecule has 0 aromatic carbocycles. The molecule has 0 saturated heterocycles. The van der Waals surface area contributed by atoms with Crippen molar-refractivity contribution in [2.75, 3.05) is 12.4 Å². The fourth-order valence-corrected chi connectivity index (χ4v) is 0.881. The molecule has 1 heterocycles. The van der Waals surface area contributed by atoms with Gasteiger partial charge in [-0.25, -0.2) is 9.78 Å². The lowest BCUT2D eigenvalue weighted by atomic mass is 10.3. The first-order valence-corrected chi connectivity index (χ1v) is 3.67. The maximum atomic E-state index is 10.5. The summed E-state index contributed by atoms with van der Waals surface area (Å²) in [5, 5.41) is 10.5. The summed E-state index contributed by atoms with van der Waals surface area (Å²) in [6.07, 6.45) is -0.798. The van der Waals surface area contributed by atoms with Crippen LogP contribution in [-0.4, -0.2) is 29.6 Å². The number of aldehydes is 1. The number of nitrogens with one attached hydrogen (secondary N) is 1. The quantitative estimate of drug-likeness (QED) is 0.704. The first kappa shape index (κ1) is 9.97. The minimum Gasteiger partial charge on any atom is -0.481 e. The lowest BCUT2D eigenvalue weighted by Crippen LogP contribution is -2.10. The van der Waals surface area contributed by atoms with Gasteiger partial charge in [0, 0.05) is 6.07 Å². The predicted octanol–water partition coefficient (Wildman–Crippen LogP) is 0.993. The standard InChI is InChI=1S/C8H8N2O4/c1-14-7-3-2-5(10-8(12)13)6(4-11)9-7/h2-4,10H,1H3,(H,12,13). The van der Waals surface area contributed by atoms with Crippen molar-refractivity contribution < 1.29 is 19.4 Å². The number of rotatable bonds is 3. The van der Waals surface area contributed by atoms with E-state index in [2.05, 4.69) is 4.98 Å². The Morgan fingerprint density at radius 2 is 2.36 bits per heavy atom. The molecule has 0 bridgehead atoms. The molecule has 0 unspecified atom stereocenters. The number of pyridine rings is 1. The van der Waals surface area contributed by atoms with Crippen LogP contribution in [0.3, 0.4) is 0 Å². The Morgan fingerprint density at radius 1 is 1.64 bits per heavy atom. The molecular formula is C8H8N2O4. The minimum absolute atomic E-state index is 0.00764. The fraction of sp³-hybridized carbons (Fsp3) is 0.125. The average molecular weight is 196 g/mol. The third kappa shape index (κ3) is 2.19. The van der Waals surface area contributed by atoms with Gasteiger partial charge in [0.15, 0.2) is 6.29 Å². The summed E-state index contributed by atoms with van der Waals surface area (Å²) < 4.78 is 4.77. The van der Waals surface area contributed by atoms with Crippen LogP contribution in [0.4, 0.5) is 10.5 Å². The summed E-state index contributed by atoms with van der Waals surface area (Å²) in [7, 11) is 1.40. The van der Waals surface area contributed by atoms with Crippen LogP contribution >= 0.6 is 0 Å². The van der Waals surface area contributed by atoms with E-state index >= 15 is 0 Å². The number of methoxy groups -OCH3 is 1. The van der Waals surface area contributed by atoms with Crippen LogP contribution < -0.4 is 10.1 Å². The molecule has 0 aliphatic heterocycles. The first-order valence-electron chi connectivity index (χ1n) is 3.67. The smallest absolute Gasteiger partial charge is 0.409 e. The molecular weight excluding hydrogens is 188 g/mol. The largest absolute Gasteiger partial charge is 0.481 e. The molecule has 0 spiro atoms. The molecule has 0 radical (unpaired) electrons. The van der Waals surface area contributed by atoms with Gasteiger partial charge in [0.2, 0.25) is 5.88 Å². The Morgan fingerprint density at radius 3 is 2.86 bits per heavy atom. The van der Waals surface area contributed by atoms with Crippen molar-refractivity contribution in [2.24, 2.45) is 0 Å². The number of carbonyl (C=O) groups is 2. The van der Waals surface area contributed by atoms with Crippen molar-refractivity contribution in [2.45, 2.75) is 0 Å². The van der Waals surface area contributed by atoms with Crippen LogP contribution in [0.1, 0.15) is 10.5 Å². The molecule has 2 N–H and O–H groups in total. The Hall–Kier alpha value is -2.11. The summed E-state index contributed by atoms with van der Waals surface area (Å²) in [4.78, 5) is 24.6. The highest BCUT2D eigenvalue weighted by atomic mass is 16.5. The minimum atomic E-state index is -1.25. The molecule has 0 fully saturated rings. The summed E-state index contributed by atoms with van der Waals surface area (Å²) >= 11 is 0. The third-order valence-corrected chi connectivity index (χ3v) is 1.46. The van der Waals surface area contributed by atoms with E-state index in [-0.39, 0.29) is 17.3 Å². The normalized spacial score (nSPS) is 9.21. The lowest BCUT2D eigenvalue weighted by molar-refractivity contribution is 0.111. The Bertz CT molecular complexity index is 364. The van der Waals surface area contributed by atoms with Crippen molar-refractivity contribution >= 4 is 18.1 Å². The van der Waals surface area contributed by atoms with Gasteiger partial charge in [-0.2, -0.15) is 0 Å². The van der Waals surface area contributed by atoms with E-state index in [0.717, 1.165) is 0 Å². The SMILES string of the molecule is COc1ccc(NC(=O)O)c(C=O)n1. The van der Waals surface area contributed by atoms with Crippen molar-refractivity contribution in [3.05, 3.63) is 17.8 Å². The number of anilines is 1. The molecule has 1 aromatic heterocycles. The highest BCUT2D eigenvalue weighted by Gasteiger charge is 2.07. The van der Waals surface area contributed by atoms with Crippen molar-refractivity contribution in [1.82, 2.24) is 4.98 Å². The van der Waals surface area contributed by atoms with E-state index in [9.17, 15) is 9.59 Å². The van der Waals surface area contributed by atoms with E-state index in [4.69, 9.17) is 9.84 Å². The maximum Gasteiger partial charge on any atom is 0.409 e. The molecule has 74 valence electrons. The number of ether oxygens (including phenoxy) is 1. The van der Waals surface area contributed by atoms with Gasteiger partial charge < -0.3 is 9.84 Å². The lowest BCUT2D eigenvalue weighted by Gasteiger charge is -2.04. The van der Waals surface area contributed by atoms with E-state index < -0.39 is 6.09 Å². The van der Waals surface area contributed by atoms with E-state index in [1.54, 1.807) is 0 Å². The van der Waals surface area contributed by atoms with Crippen molar-refractivity contribution in [3.8, 4) is 5.88 Å². The number of nitrogens with zero attached hydrogens (tertiary/aromatic N) is 1. The number of amides is 1. The maximum absolute atomic E-state index is 10.5. The van der Waals surface area contributed by atoms with Crippen LogP contribution in [0.2, 0.25) is 0 Å². The molecule has 0 aliphatic rings. The Balaban J connectivity index is 3.04. The zero-order valence-corrected chi connectivity index (χ0v) is 7.35. The van der Waals surface area contributed by atoms with E-state index in [1.165, 1.54) is 19.2 Å². The van der Waals surface area contributed by atoms with E-state index in [1.807, 2.05) is 5.32 Å². The van der Waals surface area contributed by atoms with Crippen molar-refractivity contribution in [1.29, 1.82) is 0 Å². The third-order valence-electron chi connectivity index (χ3n) is 1.46.